The van der Waals surface area contributed by atoms with Crippen LogP contribution in [0.5, 0.6) is 0 Å². The van der Waals surface area contributed by atoms with Crippen LogP contribution in [0.1, 0.15) is 17.5 Å². The van der Waals surface area contributed by atoms with Gasteiger partial charge in [0.1, 0.15) is 0 Å². The Morgan fingerprint density at radius 2 is 2.11 bits per heavy atom. The molecule has 0 amide bonds. The molecule has 1 aromatic carbocycles. The van der Waals surface area contributed by atoms with Crippen molar-refractivity contribution in [1.29, 1.82) is 0 Å². The summed E-state index contributed by atoms with van der Waals surface area (Å²) in [6.07, 6.45) is 0.987. The van der Waals surface area contributed by atoms with Gasteiger partial charge in [0.2, 0.25) is 5.16 Å². The predicted molar refractivity (Wildman–Crippen MR) is 75.8 cm³/mol. The number of hydrogen-bond donors (Lipinski definition) is 0. The molecule has 0 unspecified atom stereocenters. The molecule has 0 bridgehead atoms. The average Bonchev–Trinajstić information content (AvgIpc) is 2.86. The zero-order valence-electron chi connectivity index (χ0n) is 11.5. The van der Waals surface area contributed by atoms with Crippen LogP contribution in [-0.2, 0) is 4.74 Å². The van der Waals surface area contributed by atoms with E-state index in [2.05, 4.69) is 41.5 Å². The SMILES string of the molecule is COCCCSc1nnnn1-c1ccc(C)c(C)c1. The molecule has 1 heterocycles. The lowest BCUT2D eigenvalue weighted by Gasteiger charge is -2.06. The van der Waals surface area contributed by atoms with Crippen molar-refractivity contribution in [2.75, 3.05) is 19.5 Å². The number of ether oxygens (including phenoxy) is 1. The summed E-state index contributed by atoms with van der Waals surface area (Å²) >= 11 is 1.65. The molecule has 0 radical (unpaired) electrons. The predicted octanol–water partition coefficient (Wildman–Crippen LogP) is 2.41. The maximum Gasteiger partial charge on any atom is 0.214 e. The molecule has 2 rings (SSSR count). The summed E-state index contributed by atoms with van der Waals surface area (Å²) in [4.78, 5) is 0. The third-order valence-corrected chi connectivity index (χ3v) is 3.91. The third kappa shape index (κ3) is 3.54. The van der Waals surface area contributed by atoms with Crippen LogP contribution in [-0.4, -0.2) is 39.7 Å². The van der Waals surface area contributed by atoms with Crippen LogP contribution in [0.3, 0.4) is 0 Å². The van der Waals surface area contributed by atoms with E-state index in [1.807, 2.05) is 6.07 Å². The van der Waals surface area contributed by atoms with Gasteiger partial charge in [-0.15, -0.1) is 5.10 Å². The van der Waals surface area contributed by atoms with Crippen LogP contribution in [0.4, 0.5) is 0 Å². The van der Waals surface area contributed by atoms with Gasteiger partial charge in [0.05, 0.1) is 5.69 Å². The summed E-state index contributed by atoms with van der Waals surface area (Å²) in [5.41, 5.74) is 3.51. The van der Waals surface area contributed by atoms with Crippen molar-refractivity contribution in [2.45, 2.75) is 25.4 Å². The highest BCUT2D eigenvalue weighted by Crippen LogP contribution is 2.20. The molecule has 0 fully saturated rings. The van der Waals surface area contributed by atoms with Crippen LogP contribution in [0.25, 0.3) is 5.69 Å². The molecule has 0 aliphatic rings. The molecule has 6 heteroatoms. The molecule has 0 saturated heterocycles. The van der Waals surface area contributed by atoms with E-state index in [-0.39, 0.29) is 0 Å². The van der Waals surface area contributed by atoms with E-state index in [1.54, 1.807) is 23.6 Å². The fourth-order valence-corrected chi connectivity index (χ4v) is 2.46. The first-order valence-corrected chi connectivity index (χ1v) is 7.18. The molecular weight excluding hydrogens is 260 g/mol. The molecule has 0 spiro atoms. The Morgan fingerprint density at radius 3 is 2.84 bits per heavy atom. The monoisotopic (exact) mass is 278 g/mol. The maximum atomic E-state index is 5.03. The third-order valence-electron chi connectivity index (χ3n) is 2.90. The van der Waals surface area contributed by atoms with Crippen molar-refractivity contribution >= 4 is 11.8 Å². The lowest BCUT2D eigenvalue weighted by atomic mass is 10.1. The lowest BCUT2D eigenvalue weighted by molar-refractivity contribution is 0.200. The van der Waals surface area contributed by atoms with E-state index < -0.39 is 0 Å². The average molecular weight is 278 g/mol. The number of rotatable bonds is 6. The molecule has 0 aliphatic heterocycles. The zero-order chi connectivity index (χ0) is 13.7. The molecule has 0 saturated carbocycles. The standard InChI is InChI=1S/C13H18N4OS/c1-10-5-6-12(9-11(10)2)17-13(14-15-16-17)19-8-4-7-18-3/h5-6,9H,4,7-8H2,1-3H3. The van der Waals surface area contributed by atoms with Crippen LogP contribution < -0.4 is 0 Å². The number of aryl methyl sites for hydroxylation is 2. The number of hydrogen-bond acceptors (Lipinski definition) is 5. The van der Waals surface area contributed by atoms with Crippen LogP contribution in [0, 0.1) is 13.8 Å². The summed E-state index contributed by atoms with van der Waals surface area (Å²) in [6.45, 7) is 4.95. The first kappa shape index (κ1) is 14.0. The summed E-state index contributed by atoms with van der Waals surface area (Å²) in [6, 6.07) is 6.23. The Hall–Kier alpha value is -1.40. The van der Waals surface area contributed by atoms with E-state index in [0.717, 1.165) is 29.6 Å². The van der Waals surface area contributed by atoms with Gasteiger partial charge in [-0.1, -0.05) is 17.8 Å². The molecule has 2 aromatic rings. The molecule has 0 atom stereocenters. The second-order valence-electron chi connectivity index (χ2n) is 4.34. The highest BCUT2D eigenvalue weighted by atomic mass is 32.2. The molecular formula is C13H18N4OS. The van der Waals surface area contributed by atoms with Crippen LogP contribution in [0.2, 0.25) is 0 Å². The largest absolute Gasteiger partial charge is 0.385 e. The Bertz CT molecular complexity index is 541. The second kappa shape index (κ2) is 6.68. The van der Waals surface area contributed by atoms with Gasteiger partial charge < -0.3 is 4.74 Å². The number of tetrazole rings is 1. The van der Waals surface area contributed by atoms with E-state index >= 15 is 0 Å². The second-order valence-corrected chi connectivity index (χ2v) is 5.40. The van der Waals surface area contributed by atoms with E-state index in [4.69, 9.17) is 4.74 Å². The van der Waals surface area contributed by atoms with Gasteiger partial charge in [0, 0.05) is 19.5 Å². The van der Waals surface area contributed by atoms with Gasteiger partial charge in [-0.3, -0.25) is 0 Å². The normalized spacial score (nSPS) is 10.9. The number of aromatic nitrogens is 4. The summed E-state index contributed by atoms with van der Waals surface area (Å²) in [5, 5.41) is 12.7. The quantitative estimate of drug-likeness (QED) is 0.600. The smallest absolute Gasteiger partial charge is 0.214 e. The summed E-state index contributed by atoms with van der Waals surface area (Å²) in [7, 11) is 1.71. The van der Waals surface area contributed by atoms with E-state index in [1.165, 1.54) is 11.1 Å². The summed E-state index contributed by atoms with van der Waals surface area (Å²) < 4.78 is 6.81. The molecule has 102 valence electrons. The van der Waals surface area contributed by atoms with E-state index in [0.29, 0.717) is 0 Å². The van der Waals surface area contributed by atoms with Gasteiger partial charge in [-0.05, 0) is 54.0 Å². The molecule has 0 aliphatic carbocycles. The number of thioether (sulfide) groups is 1. The first-order chi connectivity index (χ1) is 9.22. The maximum absolute atomic E-state index is 5.03. The number of nitrogens with zero attached hydrogens (tertiary/aromatic N) is 4. The number of methoxy groups -OCH3 is 1. The highest BCUT2D eigenvalue weighted by Gasteiger charge is 2.09. The molecule has 0 N–H and O–H groups in total. The van der Waals surface area contributed by atoms with Crippen molar-refractivity contribution < 1.29 is 4.74 Å². The fourth-order valence-electron chi connectivity index (χ4n) is 1.66. The van der Waals surface area contributed by atoms with Crippen LogP contribution in [0.15, 0.2) is 23.4 Å². The van der Waals surface area contributed by atoms with Gasteiger partial charge in [-0.25, -0.2) is 0 Å². The van der Waals surface area contributed by atoms with Gasteiger partial charge in [0.15, 0.2) is 0 Å². The van der Waals surface area contributed by atoms with Gasteiger partial charge >= 0.3 is 0 Å². The first-order valence-electron chi connectivity index (χ1n) is 6.20. The molecule has 5 nitrogen and oxygen atoms in total. The van der Waals surface area contributed by atoms with Crippen molar-refractivity contribution in [3.63, 3.8) is 0 Å². The highest BCUT2D eigenvalue weighted by molar-refractivity contribution is 7.99. The summed E-state index contributed by atoms with van der Waals surface area (Å²) in [5.74, 6) is 0.944. The topological polar surface area (TPSA) is 52.8 Å². The van der Waals surface area contributed by atoms with Crippen LogP contribution >= 0.6 is 11.8 Å². The van der Waals surface area contributed by atoms with Gasteiger partial charge in [0.25, 0.3) is 0 Å². The Labute approximate surface area is 117 Å². The Morgan fingerprint density at radius 1 is 1.26 bits per heavy atom. The van der Waals surface area contributed by atoms with Crippen molar-refractivity contribution in [3.8, 4) is 5.69 Å². The Kier molecular flexibility index (Phi) is 4.93. The molecule has 1 aromatic heterocycles. The zero-order valence-corrected chi connectivity index (χ0v) is 12.3. The Balaban J connectivity index is 2.12. The van der Waals surface area contributed by atoms with Crippen molar-refractivity contribution in [1.82, 2.24) is 20.2 Å². The van der Waals surface area contributed by atoms with Crippen molar-refractivity contribution in [3.05, 3.63) is 29.3 Å². The minimum absolute atomic E-state index is 0.762. The van der Waals surface area contributed by atoms with Gasteiger partial charge in [-0.2, -0.15) is 4.68 Å². The number of benzene rings is 1. The minimum atomic E-state index is 0.762. The molecule has 19 heavy (non-hydrogen) atoms. The lowest BCUT2D eigenvalue weighted by Crippen LogP contribution is -2.01. The fraction of sp³-hybridized carbons (Fsp3) is 0.462. The van der Waals surface area contributed by atoms with Crippen molar-refractivity contribution in [2.24, 2.45) is 0 Å². The minimum Gasteiger partial charge on any atom is -0.385 e. The van der Waals surface area contributed by atoms with E-state index in [9.17, 15) is 0 Å².